The monoisotopic (exact) mass is 249 g/mol. The summed E-state index contributed by atoms with van der Waals surface area (Å²) in [5.74, 6) is 0. The smallest absolute Gasteiger partial charge is 0.0992 e. The van der Waals surface area contributed by atoms with Crippen molar-refractivity contribution in [3.05, 3.63) is 65.0 Å². The molecular weight excluding hydrogens is 234 g/mol. The van der Waals surface area contributed by atoms with Crippen LogP contribution >= 0.6 is 0 Å². The van der Waals surface area contributed by atoms with E-state index in [4.69, 9.17) is 5.26 Å². The number of rotatable bonds is 2. The van der Waals surface area contributed by atoms with Crippen LogP contribution in [0.2, 0.25) is 0 Å². The molecule has 1 aliphatic rings. The summed E-state index contributed by atoms with van der Waals surface area (Å²) in [6.45, 7) is 2.83. The molecule has 3 heteroatoms. The first-order chi connectivity index (χ1) is 9.35. The van der Waals surface area contributed by atoms with Gasteiger partial charge in [0.05, 0.1) is 17.3 Å². The molecule has 0 N–H and O–H groups in total. The summed E-state index contributed by atoms with van der Waals surface area (Å²) in [4.78, 5) is 6.73. The van der Waals surface area contributed by atoms with Gasteiger partial charge in [0.2, 0.25) is 0 Å². The summed E-state index contributed by atoms with van der Waals surface area (Å²) in [7, 11) is 0. The molecular formula is C16H15N3. The van der Waals surface area contributed by atoms with Gasteiger partial charge in [-0.3, -0.25) is 9.88 Å². The molecule has 3 rings (SSSR count). The molecule has 3 nitrogen and oxygen atoms in total. The first-order valence-electron chi connectivity index (χ1n) is 6.49. The van der Waals surface area contributed by atoms with Crippen LogP contribution in [0.15, 0.2) is 42.6 Å². The highest BCUT2D eigenvalue weighted by molar-refractivity contribution is 5.30. The molecule has 0 saturated heterocycles. The van der Waals surface area contributed by atoms with Gasteiger partial charge in [-0.2, -0.15) is 5.26 Å². The van der Waals surface area contributed by atoms with E-state index in [0.717, 1.165) is 31.7 Å². The van der Waals surface area contributed by atoms with E-state index < -0.39 is 0 Å². The van der Waals surface area contributed by atoms with E-state index in [1.54, 1.807) is 12.3 Å². The van der Waals surface area contributed by atoms with Crippen LogP contribution in [0.1, 0.15) is 22.4 Å². The average Bonchev–Trinajstić information content (AvgIpc) is 2.47. The van der Waals surface area contributed by atoms with Crippen molar-refractivity contribution in [2.75, 3.05) is 6.54 Å². The molecule has 19 heavy (non-hydrogen) atoms. The third kappa shape index (κ3) is 2.64. The Bertz CT molecular complexity index is 628. The molecule has 0 bridgehead atoms. The maximum atomic E-state index is 8.91. The van der Waals surface area contributed by atoms with Crippen molar-refractivity contribution in [1.82, 2.24) is 9.88 Å². The molecule has 0 amide bonds. The third-order valence-electron chi connectivity index (χ3n) is 3.54. The molecule has 1 aliphatic heterocycles. The first-order valence-corrected chi connectivity index (χ1v) is 6.49. The number of nitriles is 1. The van der Waals surface area contributed by atoms with Gasteiger partial charge >= 0.3 is 0 Å². The number of hydrogen-bond donors (Lipinski definition) is 0. The van der Waals surface area contributed by atoms with E-state index in [0.29, 0.717) is 5.56 Å². The first kappa shape index (κ1) is 11.9. The van der Waals surface area contributed by atoms with Crippen molar-refractivity contribution in [2.45, 2.75) is 19.5 Å². The van der Waals surface area contributed by atoms with Crippen LogP contribution in [0.4, 0.5) is 0 Å². The summed E-state index contributed by atoms with van der Waals surface area (Å²) < 4.78 is 0. The topological polar surface area (TPSA) is 39.9 Å². The highest BCUT2D eigenvalue weighted by atomic mass is 15.1. The van der Waals surface area contributed by atoms with Gasteiger partial charge in [-0.05, 0) is 29.7 Å². The molecule has 0 aliphatic carbocycles. The predicted molar refractivity (Wildman–Crippen MR) is 73.2 cm³/mol. The van der Waals surface area contributed by atoms with Crippen molar-refractivity contribution in [2.24, 2.45) is 0 Å². The van der Waals surface area contributed by atoms with Crippen LogP contribution < -0.4 is 0 Å². The Labute approximate surface area is 113 Å². The molecule has 0 atom stereocenters. The quantitative estimate of drug-likeness (QED) is 0.821. The fraction of sp³-hybridized carbons (Fsp3) is 0.250. The van der Waals surface area contributed by atoms with E-state index >= 15 is 0 Å². The van der Waals surface area contributed by atoms with Gasteiger partial charge in [0.25, 0.3) is 0 Å². The summed E-state index contributed by atoms with van der Waals surface area (Å²) in [5.41, 5.74) is 4.52. The summed E-state index contributed by atoms with van der Waals surface area (Å²) in [6, 6.07) is 14.4. The lowest BCUT2D eigenvalue weighted by atomic mass is 10.00. The van der Waals surface area contributed by atoms with Crippen LogP contribution in [0.25, 0.3) is 0 Å². The maximum Gasteiger partial charge on any atom is 0.0992 e. The van der Waals surface area contributed by atoms with Crippen LogP contribution in [-0.2, 0) is 19.5 Å². The highest BCUT2D eigenvalue weighted by Crippen LogP contribution is 2.19. The number of pyridine rings is 1. The van der Waals surface area contributed by atoms with E-state index in [1.807, 2.05) is 6.07 Å². The summed E-state index contributed by atoms with van der Waals surface area (Å²) >= 11 is 0. The zero-order valence-electron chi connectivity index (χ0n) is 10.7. The molecule has 1 aromatic carbocycles. The minimum atomic E-state index is 0.683. The highest BCUT2D eigenvalue weighted by Gasteiger charge is 2.16. The predicted octanol–water partition coefficient (Wildman–Crippen LogP) is 2.51. The van der Waals surface area contributed by atoms with Gasteiger partial charge in [0.1, 0.15) is 0 Å². The molecule has 2 aromatic rings. The van der Waals surface area contributed by atoms with Crippen LogP contribution in [-0.4, -0.2) is 16.4 Å². The summed E-state index contributed by atoms with van der Waals surface area (Å²) in [6.07, 6.45) is 2.81. The zero-order chi connectivity index (χ0) is 13.1. The van der Waals surface area contributed by atoms with Crippen LogP contribution in [0, 0.1) is 11.3 Å². The van der Waals surface area contributed by atoms with Crippen molar-refractivity contribution in [1.29, 1.82) is 5.26 Å². The molecule has 2 heterocycles. The molecule has 1 aromatic heterocycles. The molecule has 0 spiro atoms. The van der Waals surface area contributed by atoms with E-state index in [2.05, 4.69) is 40.2 Å². The Kier molecular flexibility index (Phi) is 3.26. The number of benzene rings is 1. The van der Waals surface area contributed by atoms with Gasteiger partial charge in [0, 0.05) is 25.8 Å². The second-order valence-electron chi connectivity index (χ2n) is 4.88. The van der Waals surface area contributed by atoms with E-state index in [-0.39, 0.29) is 0 Å². The minimum absolute atomic E-state index is 0.683. The molecule has 0 unspecified atom stereocenters. The average molecular weight is 249 g/mol. The number of fused-ring (bicyclic) bond motifs is 1. The number of nitrogens with zero attached hydrogens (tertiary/aromatic N) is 3. The lowest BCUT2D eigenvalue weighted by Gasteiger charge is -2.28. The lowest BCUT2D eigenvalue weighted by molar-refractivity contribution is 0.242. The SMILES string of the molecule is N#Cc1ccnc(CN2CCc3ccccc3C2)c1. The van der Waals surface area contributed by atoms with Crippen molar-refractivity contribution in [3.63, 3.8) is 0 Å². The van der Waals surface area contributed by atoms with Gasteiger partial charge in [-0.1, -0.05) is 24.3 Å². The van der Waals surface area contributed by atoms with E-state index in [1.165, 1.54) is 11.1 Å². The standard InChI is InChI=1S/C16H15N3/c17-10-13-5-7-18-16(9-13)12-19-8-6-14-3-1-2-4-15(14)11-19/h1-5,7,9H,6,8,11-12H2. The van der Waals surface area contributed by atoms with Crippen molar-refractivity contribution < 1.29 is 0 Å². The molecule has 94 valence electrons. The van der Waals surface area contributed by atoms with Crippen LogP contribution in [0.3, 0.4) is 0 Å². The molecule has 0 radical (unpaired) electrons. The maximum absolute atomic E-state index is 8.91. The van der Waals surface area contributed by atoms with Gasteiger partial charge < -0.3 is 0 Å². The Morgan fingerprint density at radius 2 is 2.05 bits per heavy atom. The Morgan fingerprint density at radius 1 is 1.21 bits per heavy atom. The van der Waals surface area contributed by atoms with Gasteiger partial charge in [0.15, 0.2) is 0 Å². The summed E-state index contributed by atoms with van der Waals surface area (Å²) in [5, 5.41) is 8.91. The second kappa shape index (κ2) is 5.21. The fourth-order valence-electron chi connectivity index (χ4n) is 2.55. The molecule has 0 fully saturated rings. The molecule has 0 saturated carbocycles. The fourth-order valence-corrected chi connectivity index (χ4v) is 2.55. The van der Waals surface area contributed by atoms with Crippen molar-refractivity contribution in [3.8, 4) is 6.07 Å². The zero-order valence-corrected chi connectivity index (χ0v) is 10.7. The minimum Gasteiger partial charge on any atom is -0.293 e. The number of hydrogen-bond acceptors (Lipinski definition) is 3. The Morgan fingerprint density at radius 3 is 2.89 bits per heavy atom. The van der Waals surface area contributed by atoms with Crippen LogP contribution in [0.5, 0.6) is 0 Å². The number of aromatic nitrogens is 1. The second-order valence-corrected chi connectivity index (χ2v) is 4.88. The van der Waals surface area contributed by atoms with Gasteiger partial charge in [-0.15, -0.1) is 0 Å². The van der Waals surface area contributed by atoms with Gasteiger partial charge in [-0.25, -0.2) is 0 Å². The third-order valence-corrected chi connectivity index (χ3v) is 3.54. The van der Waals surface area contributed by atoms with Crippen molar-refractivity contribution >= 4 is 0 Å². The van der Waals surface area contributed by atoms with E-state index in [9.17, 15) is 0 Å². The Hall–Kier alpha value is -2.18. The lowest BCUT2D eigenvalue weighted by Crippen LogP contribution is -2.30. The normalized spacial score (nSPS) is 14.7. The largest absolute Gasteiger partial charge is 0.293 e. The Balaban J connectivity index is 1.74.